The van der Waals surface area contributed by atoms with Crippen LogP contribution in [0.15, 0.2) is 193 Å². The molecule has 0 saturated heterocycles. The number of aromatic nitrogens is 3. The van der Waals surface area contributed by atoms with E-state index in [-0.39, 0.29) is 0 Å². The molecule has 0 bridgehead atoms. The van der Waals surface area contributed by atoms with E-state index in [0.29, 0.717) is 12.4 Å². The Labute approximate surface area is 335 Å². The van der Waals surface area contributed by atoms with Crippen molar-refractivity contribution in [1.29, 1.82) is 0 Å². The molecule has 11 rings (SSSR count). The van der Waals surface area contributed by atoms with Gasteiger partial charge in [-0.25, -0.2) is 15.0 Å². The molecule has 1 aliphatic rings. The Kier molecular flexibility index (Phi) is 7.97. The highest BCUT2D eigenvalue weighted by Crippen LogP contribution is 2.44. The van der Waals surface area contributed by atoms with Gasteiger partial charge in [-0.05, 0) is 80.1 Å². The van der Waals surface area contributed by atoms with Crippen LogP contribution in [0.1, 0.15) is 0 Å². The van der Waals surface area contributed by atoms with Crippen molar-refractivity contribution in [2.75, 3.05) is 11.4 Å². The first-order valence-electron chi connectivity index (χ1n) is 19.5. The summed E-state index contributed by atoms with van der Waals surface area (Å²) in [5.41, 5.74) is 9.21. The Morgan fingerprint density at radius 3 is 1.69 bits per heavy atom. The number of aliphatic imine (C=N–C) groups is 1. The third-order valence-corrected chi connectivity index (χ3v) is 11.3. The summed E-state index contributed by atoms with van der Waals surface area (Å²) >= 11 is 0. The van der Waals surface area contributed by atoms with Crippen molar-refractivity contribution in [1.82, 2.24) is 15.0 Å². The zero-order valence-electron chi connectivity index (χ0n) is 31.5. The number of benzene rings is 8. The van der Waals surface area contributed by atoms with Crippen LogP contribution in [0.3, 0.4) is 0 Å². The third-order valence-electron chi connectivity index (χ3n) is 11.3. The first kappa shape index (κ1) is 33.6. The van der Waals surface area contributed by atoms with Gasteiger partial charge in [0.1, 0.15) is 0 Å². The maximum Gasteiger partial charge on any atom is 0.161 e. The Balaban J connectivity index is 1.13. The molecule has 5 heteroatoms. The van der Waals surface area contributed by atoms with Crippen molar-refractivity contribution < 1.29 is 0 Å². The third kappa shape index (κ3) is 5.55. The molecule has 0 aliphatic carbocycles. The molecule has 3 heterocycles. The van der Waals surface area contributed by atoms with E-state index in [1.165, 1.54) is 26.9 Å². The molecule has 1 aliphatic heterocycles. The molecule has 0 atom stereocenters. The van der Waals surface area contributed by atoms with Crippen LogP contribution in [-0.4, -0.2) is 28.2 Å². The van der Waals surface area contributed by atoms with Crippen LogP contribution in [-0.2, 0) is 0 Å². The van der Waals surface area contributed by atoms with E-state index < -0.39 is 0 Å². The van der Waals surface area contributed by atoms with Gasteiger partial charge in [0.15, 0.2) is 5.82 Å². The molecular formula is C53H35N5. The SMILES string of the molecule is C=Nc1c(N2C=CC=CC2)c(-c2ccc(-c3cc(-c4cc5ccccc5c5ccccc45)nc(-c4cc5ccccc5c5ccccc45)n3)cc2)nc2ccccc12. The number of pyridine rings is 1. The first-order valence-corrected chi connectivity index (χ1v) is 19.5. The predicted molar refractivity (Wildman–Crippen MR) is 244 cm³/mol. The van der Waals surface area contributed by atoms with Gasteiger partial charge in [0.25, 0.3) is 0 Å². The average Bonchev–Trinajstić information content (AvgIpc) is 3.30. The van der Waals surface area contributed by atoms with Crippen molar-refractivity contribution >= 4 is 72.1 Å². The predicted octanol–water partition coefficient (Wildman–Crippen LogP) is 13.5. The smallest absolute Gasteiger partial charge is 0.161 e. The fourth-order valence-corrected chi connectivity index (χ4v) is 8.61. The number of rotatable bonds is 6. The van der Waals surface area contributed by atoms with E-state index in [1.54, 1.807) is 0 Å². The van der Waals surface area contributed by atoms with E-state index >= 15 is 0 Å². The second-order valence-electron chi connectivity index (χ2n) is 14.7. The normalized spacial score (nSPS) is 12.7. The molecule has 0 unspecified atom stereocenters. The zero-order valence-corrected chi connectivity index (χ0v) is 31.5. The monoisotopic (exact) mass is 741 g/mol. The molecule has 5 nitrogen and oxygen atoms in total. The van der Waals surface area contributed by atoms with E-state index in [4.69, 9.17) is 15.0 Å². The molecule has 0 radical (unpaired) electrons. The molecule has 8 aromatic carbocycles. The van der Waals surface area contributed by atoms with Crippen LogP contribution >= 0.6 is 0 Å². The fourth-order valence-electron chi connectivity index (χ4n) is 8.61. The van der Waals surface area contributed by atoms with Gasteiger partial charge in [-0.1, -0.05) is 152 Å². The highest BCUT2D eigenvalue weighted by molar-refractivity contribution is 6.15. The minimum atomic E-state index is 0.681. The largest absolute Gasteiger partial charge is 0.341 e. The fraction of sp³-hybridized carbons (Fsp3) is 0.0189. The van der Waals surface area contributed by atoms with Crippen LogP contribution < -0.4 is 4.90 Å². The lowest BCUT2D eigenvalue weighted by molar-refractivity contribution is 1.07. The lowest BCUT2D eigenvalue weighted by Gasteiger charge is -2.26. The molecule has 10 aromatic rings. The second-order valence-corrected chi connectivity index (χ2v) is 14.7. The minimum absolute atomic E-state index is 0.681. The second kappa shape index (κ2) is 13.8. The van der Waals surface area contributed by atoms with Crippen molar-refractivity contribution in [2.24, 2.45) is 4.99 Å². The number of allylic oxidation sites excluding steroid dienone is 2. The minimum Gasteiger partial charge on any atom is -0.341 e. The standard InChI is InChI=1S/C53H35N5/c1-54-51-44-23-11-12-24-47(44)55-50(52(51)58-29-13-2-14-30-58)35-27-25-34(26-28-35)48-33-49(45-31-36-15-3-5-17-38(36)40-19-7-9-21-42(40)45)57-53(56-48)46-32-37-16-4-6-18-39(37)41-20-8-10-22-43(41)46/h2-29,31-33H,1,30H2. The number of hydrogen-bond acceptors (Lipinski definition) is 5. The summed E-state index contributed by atoms with van der Waals surface area (Å²) in [6.07, 6.45) is 8.32. The van der Waals surface area contributed by atoms with Crippen LogP contribution in [0.5, 0.6) is 0 Å². The van der Waals surface area contributed by atoms with Gasteiger partial charge in [-0.2, -0.15) is 0 Å². The van der Waals surface area contributed by atoms with E-state index in [0.717, 1.165) is 77.8 Å². The van der Waals surface area contributed by atoms with Crippen LogP contribution in [0.25, 0.3) is 99.2 Å². The van der Waals surface area contributed by atoms with Gasteiger partial charge < -0.3 is 4.90 Å². The van der Waals surface area contributed by atoms with Crippen LogP contribution in [0, 0.1) is 0 Å². The van der Waals surface area contributed by atoms with E-state index in [1.807, 2.05) is 24.3 Å². The lowest BCUT2D eigenvalue weighted by Crippen LogP contribution is -2.19. The summed E-state index contributed by atoms with van der Waals surface area (Å²) < 4.78 is 0. The average molecular weight is 742 g/mol. The van der Waals surface area contributed by atoms with Crippen molar-refractivity contribution in [3.05, 3.63) is 188 Å². The molecule has 0 N–H and O–H groups in total. The molecule has 0 amide bonds. The lowest BCUT2D eigenvalue weighted by atomic mass is 9.94. The molecule has 0 fully saturated rings. The van der Waals surface area contributed by atoms with Gasteiger partial charge in [0.05, 0.1) is 34.0 Å². The summed E-state index contributed by atoms with van der Waals surface area (Å²) in [4.78, 5) is 22.8. The van der Waals surface area contributed by atoms with Gasteiger partial charge in [0, 0.05) is 40.4 Å². The Morgan fingerprint density at radius 2 is 1.03 bits per heavy atom. The molecule has 272 valence electrons. The summed E-state index contributed by atoms with van der Waals surface area (Å²) in [7, 11) is 0. The summed E-state index contributed by atoms with van der Waals surface area (Å²) in [6, 6.07) is 57.7. The maximum atomic E-state index is 5.43. The molecule has 58 heavy (non-hydrogen) atoms. The first-order chi connectivity index (χ1) is 28.7. The molecular weight excluding hydrogens is 707 g/mol. The summed E-state index contributed by atoms with van der Waals surface area (Å²) in [6.45, 7) is 4.71. The number of nitrogens with zero attached hydrogens (tertiary/aromatic N) is 5. The van der Waals surface area contributed by atoms with Gasteiger partial charge >= 0.3 is 0 Å². The quantitative estimate of drug-likeness (QED) is 0.126. The number of fused-ring (bicyclic) bond motifs is 7. The molecule has 0 spiro atoms. The van der Waals surface area contributed by atoms with Crippen molar-refractivity contribution in [3.8, 4) is 45.2 Å². The zero-order chi connectivity index (χ0) is 38.6. The Morgan fingerprint density at radius 1 is 0.483 bits per heavy atom. The summed E-state index contributed by atoms with van der Waals surface area (Å²) in [5.74, 6) is 0.681. The molecule has 0 saturated carbocycles. The van der Waals surface area contributed by atoms with Crippen molar-refractivity contribution in [3.63, 3.8) is 0 Å². The summed E-state index contributed by atoms with van der Waals surface area (Å²) in [5, 5.41) is 10.4. The Bertz CT molecular complexity index is 3210. The number of anilines is 1. The van der Waals surface area contributed by atoms with Gasteiger partial charge in [0.2, 0.25) is 0 Å². The highest BCUT2D eigenvalue weighted by Gasteiger charge is 2.22. The van der Waals surface area contributed by atoms with E-state index in [9.17, 15) is 0 Å². The van der Waals surface area contributed by atoms with E-state index in [2.05, 4.69) is 181 Å². The Hall–Kier alpha value is -7.76. The van der Waals surface area contributed by atoms with Crippen LogP contribution in [0.2, 0.25) is 0 Å². The van der Waals surface area contributed by atoms with Gasteiger partial charge in [-0.15, -0.1) is 0 Å². The number of hydrogen-bond donors (Lipinski definition) is 0. The van der Waals surface area contributed by atoms with Gasteiger partial charge in [-0.3, -0.25) is 4.99 Å². The topological polar surface area (TPSA) is 54.3 Å². The number of para-hydroxylation sites is 1. The highest BCUT2D eigenvalue weighted by atomic mass is 15.1. The van der Waals surface area contributed by atoms with Crippen LogP contribution in [0.4, 0.5) is 11.4 Å². The van der Waals surface area contributed by atoms with Crippen molar-refractivity contribution in [2.45, 2.75) is 0 Å². The maximum absolute atomic E-state index is 5.43. The molecule has 2 aromatic heterocycles.